The topological polar surface area (TPSA) is 54.4 Å². The van der Waals surface area contributed by atoms with Crippen molar-refractivity contribution in [2.75, 3.05) is 0 Å². The van der Waals surface area contributed by atoms with Gasteiger partial charge in [0.1, 0.15) is 5.82 Å². The molecule has 116 valence electrons. The summed E-state index contributed by atoms with van der Waals surface area (Å²) in [6.07, 6.45) is 0.403. The fourth-order valence-corrected chi connectivity index (χ4v) is 6.10. The van der Waals surface area contributed by atoms with Gasteiger partial charge in [0.25, 0.3) is 0 Å². The van der Waals surface area contributed by atoms with Crippen LogP contribution < -0.4 is 0 Å². The number of hydrogen-bond acceptors (Lipinski definition) is 3. The van der Waals surface area contributed by atoms with Crippen molar-refractivity contribution in [1.82, 2.24) is 0 Å². The molecule has 2 atom stereocenters. The Labute approximate surface area is 120 Å². The lowest BCUT2D eigenvalue weighted by molar-refractivity contribution is 0.0202. The molecule has 1 aromatic carbocycles. The van der Waals surface area contributed by atoms with Gasteiger partial charge in [-0.3, -0.25) is 0 Å². The highest BCUT2D eigenvalue weighted by Crippen LogP contribution is 2.44. The van der Waals surface area contributed by atoms with E-state index in [0.717, 1.165) is 6.07 Å². The van der Waals surface area contributed by atoms with Crippen LogP contribution >= 0.6 is 0 Å². The van der Waals surface area contributed by atoms with Crippen molar-refractivity contribution in [3.05, 3.63) is 35.1 Å². The lowest BCUT2D eigenvalue weighted by atomic mass is 9.86. The smallest absolute Gasteiger partial charge is 0.165 e. The molecule has 3 rings (SSSR count). The minimum atomic E-state index is -3.24. The average molecular weight is 320 g/mol. The molecule has 2 aliphatic rings. The van der Waals surface area contributed by atoms with E-state index in [-0.39, 0.29) is 12.8 Å². The molecule has 1 N–H and O–H groups in total. The van der Waals surface area contributed by atoms with Gasteiger partial charge in [0, 0.05) is 12.0 Å². The molecule has 0 aliphatic carbocycles. The SMILES string of the molecule is O=S1(=O)C2CCC1CC(O)(Cc1c(F)ccc(F)c1F)C2. The zero-order valence-electron chi connectivity index (χ0n) is 11.2. The zero-order valence-corrected chi connectivity index (χ0v) is 12.0. The van der Waals surface area contributed by atoms with Crippen molar-refractivity contribution in [2.24, 2.45) is 0 Å². The summed E-state index contributed by atoms with van der Waals surface area (Å²) in [6, 6.07) is 1.50. The Hall–Kier alpha value is -1.08. The van der Waals surface area contributed by atoms with Crippen molar-refractivity contribution >= 4 is 9.84 Å². The Morgan fingerprint density at radius 1 is 1.10 bits per heavy atom. The highest BCUT2D eigenvalue weighted by molar-refractivity contribution is 7.93. The number of rotatable bonds is 2. The first-order valence-corrected chi connectivity index (χ1v) is 8.41. The summed E-state index contributed by atoms with van der Waals surface area (Å²) >= 11 is 0. The third-order valence-electron chi connectivity index (χ3n) is 4.60. The normalized spacial score (nSPS) is 34.1. The maximum absolute atomic E-state index is 13.7. The van der Waals surface area contributed by atoms with Gasteiger partial charge in [-0.2, -0.15) is 0 Å². The zero-order chi connectivity index (χ0) is 15.4. The van der Waals surface area contributed by atoms with Crippen molar-refractivity contribution in [3.63, 3.8) is 0 Å². The molecule has 2 unspecified atom stereocenters. The molecule has 0 aromatic heterocycles. The van der Waals surface area contributed by atoms with Crippen LogP contribution in [0.5, 0.6) is 0 Å². The van der Waals surface area contributed by atoms with Gasteiger partial charge in [-0.25, -0.2) is 21.6 Å². The first-order chi connectivity index (χ1) is 9.73. The molecule has 2 aliphatic heterocycles. The minimum absolute atomic E-state index is 0.0543. The molecule has 7 heteroatoms. The summed E-state index contributed by atoms with van der Waals surface area (Å²) in [5.74, 6) is -3.42. The third kappa shape index (κ3) is 2.36. The molecule has 3 nitrogen and oxygen atoms in total. The van der Waals surface area contributed by atoms with Gasteiger partial charge in [0.15, 0.2) is 21.5 Å². The predicted octanol–water partition coefficient (Wildman–Crippen LogP) is 2.12. The number of aliphatic hydroxyl groups is 1. The van der Waals surface area contributed by atoms with Gasteiger partial charge in [-0.15, -0.1) is 0 Å². The van der Waals surface area contributed by atoms with E-state index in [1.807, 2.05) is 0 Å². The van der Waals surface area contributed by atoms with Crippen LogP contribution in [0.1, 0.15) is 31.2 Å². The van der Waals surface area contributed by atoms with E-state index in [1.165, 1.54) is 0 Å². The van der Waals surface area contributed by atoms with Crippen LogP contribution in [-0.4, -0.2) is 29.6 Å². The van der Waals surface area contributed by atoms with Crippen LogP contribution in [0, 0.1) is 17.5 Å². The second-order valence-corrected chi connectivity index (χ2v) is 8.55. The summed E-state index contributed by atoms with van der Waals surface area (Å²) in [6.45, 7) is 0. The minimum Gasteiger partial charge on any atom is -0.389 e. The fourth-order valence-electron chi connectivity index (χ4n) is 3.54. The molecular formula is C14H15F3O3S. The molecule has 2 heterocycles. The second-order valence-electron chi connectivity index (χ2n) is 6.04. The molecule has 1 aromatic rings. The summed E-state index contributed by atoms with van der Waals surface area (Å²) < 4.78 is 64.6. The van der Waals surface area contributed by atoms with Crippen LogP contribution in [0.3, 0.4) is 0 Å². The van der Waals surface area contributed by atoms with Crippen LogP contribution in [-0.2, 0) is 16.3 Å². The molecule has 21 heavy (non-hydrogen) atoms. The molecule has 2 bridgehead atoms. The Morgan fingerprint density at radius 3 is 2.19 bits per heavy atom. The summed E-state index contributed by atoms with van der Waals surface area (Å²) in [5, 5.41) is 9.23. The first-order valence-electron chi connectivity index (χ1n) is 6.80. The monoisotopic (exact) mass is 320 g/mol. The first kappa shape index (κ1) is 14.8. The van der Waals surface area contributed by atoms with Crippen LogP contribution in [0.25, 0.3) is 0 Å². The maximum atomic E-state index is 13.7. The van der Waals surface area contributed by atoms with E-state index in [9.17, 15) is 26.7 Å². The van der Waals surface area contributed by atoms with Crippen LogP contribution in [0.2, 0.25) is 0 Å². The molecule has 0 spiro atoms. The van der Waals surface area contributed by atoms with Gasteiger partial charge < -0.3 is 5.11 Å². The quantitative estimate of drug-likeness (QED) is 0.849. The highest BCUT2D eigenvalue weighted by Gasteiger charge is 2.52. The predicted molar refractivity (Wildman–Crippen MR) is 69.9 cm³/mol. The van der Waals surface area contributed by atoms with Crippen molar-refractivity contribution in [2.45, 2.75) is 48.2 Å². The van der Waals surface area contributed by atoms with E-state index in [0.29, 0.717) is 18.9 Å². The lowest BCUT2D eigenvalue weighted by Crippen LogP contribution is -2.46. The molecule has 0 radical (unpaired) electrons. The number of halogens is 3. The Kier molecular flexibility index (Phi) is 3.33. The number of fused-ring (bicyclic) bond motifs is 2. The Bertz CT molecular complexity index is 667. The van der Waals surface area contributed by atoms with Gasteiger partial charge in [-0.1, -0.05) is 0 Å². The van der Waals surface area contributed by atoms with E-state index in [4.69, 9.17) is 0 Å². The second kappa shape index (κ2) is 4.71. The summed E-state index contributed by atoms with van der Waals surface area (Å²) in [4.78, 5) is 0. The van der Waals surface area contributed by atoms with Crippen molar-refractivity contribution < 1.29 is 26.7 Å². The van der Waals surface area contributed by atoms with E-state index in [1.54, 1.807) is 0 Å². The number of hydrogen-bond donors (Lipinski definition) is 1. The summed E-state index contributed by atoms with van der Waals surface area (Å²) in [7, 11) is -3.24. The number of sulfone groups is 1. The van der Waals surface area contributed by atoms with E-state index >= 15 is 0 Å². The lowest BCUT2D eigenvalue weighted by Gasteiger charge is -2.36. The third-order valence-corrected chi connectivity index (χ3v) is 7.26. The van der Waals surface area contributed by atoms with Crippen LogP contribution in [0.4, 0.5) is 13.2 Å². The maximum Gasteiger partial charge on any atom is 0.165 e. The van der Waals surface area contributed by atoms with Gasteiger partial charge in [0.2, 0.25) is 0 Å². The molecule has 0 amide bonds. The highest BCUT2D eigenvalue weighted by atomic mass is 32.2. The molecule has 2 fully saturated rings. The van der Waals surface area contributed by atoms with Crippen molar-refractivity contribution in [1.29, 1.82) is 0 Å². The van der Waals surface area contributed by atoms with Gasteiger partial charge >= 0.3 is 0 Å². The largest absolute Gasteiger partial charge is 0.389 e. The van der Waals surface area contributed by atoms with Gasteiger partial charge in [-0.05, 0) is 37.8 Å². The Balaban J connectivity index is 1.91. The average Bonchev–Trinajstić information content (AvgIpc) is 2.60. The molecular weight excluding hydrogens is 305 g/mol. The Morgan fingerprint density at radius 2 is 1.62 bits per heavy atom. The standard InChI is InChI=1S/C14H15F3O3S/c15-11-3-4-12(16)13(17)10(11)7-14(18)5-8-1-2-9(6-14)21(8,19)20/h3-4,8-9,18H,1-2,5-7H2. The van der Waals surface area contributed by atoms with E-state index in [2.05, 4.69) is 0 Å². The number of benzene rings is 1. The fraction of sp³-hybridized carbons (Fsp3) is 0.571. The van der Waals surface area contributed by atoms with Crippen LogP contribution in [0.15, 0.2) is 12.1 Å². The van der Waals surface area contributed by atoms with Gasteiger partial charge in [0.05, 0.1) is 16.1 Å². The molecule has 2 saturated heterocycles. The molecule has 0 saturated carbocycles. The van der Waals surface area contributed by atoms with E-state index < -0.39 is 55.4 Å². The summed E-state index contributed by atoms with van der Waals surface area (Å²) in [5.41, 5.74) is -2.02. The van der Waals surface area contributed by atoms with Crippen molar-refractivity contribution in [3.8, 4) is 0 Å².